The van der Waals surface area contributed by atoms with Crippen LogP contribution >= 0.6 is 11.6 Å². The molecule has 2 rings (SSSR count). The van der Waals surface area contributed by atoms with Gasteiger partial charge in [-0.05, 0) is 24.1 Å². The summed E-state index contributed by atoms with van der Waals surface area (Å²) < 4.78 is 4.72. The molecule has 0 saturated carbocycles. The van der Waals surface area contributed by atoms with E-state index in [-0.39, 0.29) is 11.9 Å². The first-order chi connectivity index (χ1) is 8.15. The van der Waals surface area contributed by atoms with Gasteiger partial charge in [-0.2, -0.15) is 0 Å². The highest BCUT2D eigenvalue weighted by molar-refractivity contribution is 6.31. The topological polar surface area (TPSA) is 58.9 Å². The summed E-state index contributed by atoms with van der Waals surface area (Å²) in [6.07, 6.45) is 0.953. The Labute approximate surface area is 104 Å². The first-order valence-electron chi connectivity index (χ1n) is 5.23. The quantitative estimate of drug-likeness (QED) is 0.474. The Bertz CT molecular complexity index is 485. The zero-order valence-corrected chi connectivity index (χ0v) is 10.1. The van der Waals surface area contributed by atoms with Crippen LogP contribution in [0, 0.1) is 5.92 Å². The van der Waals surface area contributed by atoms with Crippen LogP contribution in [0.3, 0.4) is 0 Å². The van der Waals surface area contributed by atoms with E-state index < -0.39 is 0 Å². The molecule has 90 valence electrons. The van der Waals surface area contributed by atoms with E-state index in [1.54, 1.807) is 12.1 Å². The summed E-state index contributed by atoms with van der Waals surface area (Å²) in [6, 6.07) is 5.35. The molecule has 1 unspecified atom stereocenters. The molecule has 0 saturated heterocycles. The van der Waals surface area contributed by atoms with Crippen molar-refractivity contribution in [3.63, 3.8) is 0 Å². The molecule has 5 heteroatoms. The molecule has 0 heterocycles. The lowest BCUT2D eigenvalue weighted by Gasteiger charge is -2.23. The Balaban J connectivity index is 2.40. The standard InChI is InChI=1S/C12H12ClNO3/c1-17-12(15)8-4-7-2-3-9(13)6-10(7)11(5-8)14-16/h2-3,6,8,16H,4-5H2,1H3/b14-11+. The highest BCUT2D eigenvalue weighted by Crippen LogP contribution is 2.28. The highest BCUT2D eigenvalue weighted by Gasteiger charge is 2.29. The molecule has 1 aromatic carbocycles. The summed E-state index contributed by atoms with van der Waals surface area (Å²) in [5.74, 6) is -0.577. The lowest BCUT2D eigenvalue weighted by Crippen LogP contribution is -2.27. The van der Waals surface area contributed by atoms with Crippen molar-refractivity contribution in [2.24, 2.45) is 11.1 Å². The van der Waals surface area contributed by atoms with Gasteiger partial charge in [-0.25, -0.2) is 0 Å². The van der Waals surface area contributed by atoms with Crippen LogP contribution in [0.4, 0.5) is 0 Å². The third kappa shape index (κ3) is 2.26. The van der Waals surface area contributed by atoms with Gasteiger partial charge < -0.3 is 9.94 Å². The molecule has 1 aliphatic carbocycles. The van der Waals surface area contributed by atoms with Crippen LogP contribution in [0.5, 0.6) is 0 Å². The molecular formula is C12H12ClNO3. The number of carbonyl (C=O) groups excluding carboxylic acids is 1. The summed E-state index contributed by atoms with van der Waals surface area (Å²) in [7, 11) is 1.36. The fraction of sp³-hybridized carbons (Fsp3) is 0.333. The van der Waals surface area contributed by atoms with E-state index in [0.29, 0.717) is 23.6 Å². The van der Waals surface area contributed by atoms with Crippen molar-refractivity contribution in [3.8, 4) is 0 Å². The molecule has 0 bridgehead atoms. The summed E-state index contributed by atoms with van der Waals surface area (Å²) >= 11 is 5.90. The van der Waals surface area contributed by atoms with E-state index in [0.717, 1.165) is 11.1 Å². The number of nitrogens with zero attached hydrogens (tertiary/aromatic N) is 1. The maximum absolute atomic E-state index is 11.5. The average Bonchev–Trinajstić information content (AvgIpc) is 2.36. The number of hydrogen-bond acceptors (Lipinski definition) is 4. The molecule has 1 aromatic rings. The molecule has 0 aromatic heterocycles. The molecule has 0 amide bonds. The third-order valence-corrected chi connectivity index (χ3v) is 3.18. The van der Waals surface area contributed by atoms with Crippen LogP contribution in [0.1, 0.15) is 17.5 Å². The normalized spacial score (nSPS) is 21.1. The van der Waals surface area contributed by atoms with Gasteiger partial charge >= 0.3 is 5.97 Å². The zero-order chi connectivity index (χ0) is 12.4. The molecule has 4 nitrogen and oxygen atoms in total. The number of benzene rings is 1. The maximum Gasteiger partial charge on any atom is 0.309 e. The number of halogens is 1. The van der Waals surface area contributed by atoms with Crippen LogP contribution in [-0.2, 0) is 16.0 Å². The number of ether oxygens (including phenoxy) is 1. The van der Waals surface area contributed by atoms with Gasteiger partial charge in [0.1, 0.15) is 0 Å². The number of rotatable bonds is 1. The summed E-state index contributed by atoms with van der Waals surface area (Å²) in [4.78, 5) is 11.5. The van der Waals surface area contributed by atoms with Gasteiger partial charge in [0, 0.05) is 17.0 Å². The lowest BCUT2D eigenvalue weighted by atomic mass is 9.82. The maximum atomic E-state index is 11.5. The molecule has 0 aliphatic heterocycles. The number of oxime groups is 1. The fourth-order valence-corrected chi connectivity index (χ4v) is 2.28. The SMILES string of the molecule is COC(=O)C1C/C(=N\O)c2cc(Cl)ccc2C1. The first kappa shape index (κ1) is 11.9. The third-order valence-electron chi connectivity index (χ3n) is 2.94. The summed E-state index contributed by atoms with van der Waals surface area (Å²) in [5, 5.41) is 12.8. The van der Waals surface area contributed by atoms with Crippen LogP contribution in [0.25, 0.3) is 0 Å². The van der Waals surface area contributed by atoms with E-state index in [9.17, 15) is 4.79 Å². The minimum atomic E-state index is -0.292. The Morgan fingerprint density at radius 2 is 2.29 bits per heavy atom. The smallest absolute Gasteiger partial charge is 0.309 e. The number of esters is 1. The Morgan fingerprint density at radius 3 is 2.94 bits per heavy atom. The predicted molar refractivity (Wildman–Crippen MR) is 63.6 cm³/mol. The zero-order valence-electron chi connectivity index (χ0n) is 9.31. The van der Waals surface area contributed by atoms with Gasteiger partial charge in [0.15, 0.2) is 0 Å². The Morgan fingerprint density at radius 1 is 1.53 bits per heavy atom. The van der Waals surface area contributed by atoms with Crippen molar-refractivity contribution in [1.82, 2.24) is 0 Å². The second-order valence-electron chi connectivity index (χ2n) is 3.98. The van der Waals surface area contributed by atoms with Crippen molar-refractivity contribution in [2.75, 3.05) is 7.11 Å². The predicted octanol–water partition coefficient (Wildman–Crippen LogP) is 2.25. The van der Waals surface area contributed by atoms with Gasteiger partial charge in [-0.1, -0.05) is 22.8 Å². The van der Waals surface area contributed by atoms with Crippen LogP contribution in [0.15, 0.2) is 23.4 Å². The van der Waals surface area contributed by atoms with Crippen LogP contribution in [0.2, 0.25) is 5.02 Å². The minimum Gasteiger partial charge on any atom is -0.469 e. The van der Waals surface area contributed by atoms with Gasteiger partial charge in [0.2, 0.25) is 0 Å². The molecular weight excluding hydrogens is 242 g/mol. The van der Waals surface area contributed by atoms with E-state index in [1.807, 2.05) is 6.07 Å². The van der Waals surface area contributed by atoms with Crippen molar-refractivity contribution in [3.05, 3.63) is 34.3 Å². The van der Waals surface area contributed by atoms with Crippen molar-refractivity contribution in [1.29, 1.82) is 0 Å². The molecule has 0 radical (unpaired) electrons. The second kappa shape index (κ2) is 4.75. The largest absolute Gasteiger partial charge is 0.469 e. The van der Waals surface area contributed by atoms with E-state index in [1.165, 1.54) is 7.11 Å². The number of methoxy groups -OCH3 is 1. The van der Waals surface area contributed by atoms with Gasteiger partial charge in [0.25, 0.3) is 0 Å². The minimum absolute atomic E-state index is 0.285. The van der Waals surface area contributed by atoms with Gasteiger partial charge in [-0.15, -0.1) is 0 Å². The molecule has 0 spiro atoms. The molecule has 17 heavy (non-hydrogen) atoms. The van der Waals surface area contributed by atoms with E-state index >= 15 is 0 Å². The fourth-order valence-electron chi connectivity index (χ4n) is 2.10. The van der Waals surface area contributed by atoms with Crippen molar-refractivity contribution >= 4 is 23.3 Å². The van der Waals surface area contributed by atoms with Crippen molar-refractivity contribution < 1.29 is 14.7 Å². The van der Waals surface area contributed by atoms with E-state index in [4.69, 9.17) is 21.5 Å². The molecule has 1 N–H and O–H groups in total. The average molecular weight is 254 g/mol. The summed E-state index contributed by atoms with van der Waals surface area (Å²) in [5.41, 5.74) is 2.23. The number of hydrogen-bond donors (Lipinski definition) is 1. The van der Waals surface area contributed by atoms with Gasteiger partial charge in [-0.3, -0.25) is 4.79 Å². The van der Waals surface area contributed by atoms with Gasteiger partial charge in [0.05, 0.1) is 18.7 Å². The second-order valence-corrected chi connectivity index (χ2v) is 4.41. The number of fused-ring (bicyclic) bond motifs is 1. The lowest BCUT2D eigenvalue weighted by molar-refractivity contribution is -0.145. The Hall–Kier alpha value is -1.55. The highest BCUT2D eigenvalue weighted by atomic mass is 35.5. The molecule has 1 atom stereocenters. The van der Waals surface area contributed by atoms with Crippen LogP contribution in [-0.4, -0.2) is 24.0 Å². The monoisotopic (exact) mass is 253 g/mol. The Kier molecular flexibility index (Phi) is 3.33. The van der Waals surface area contributed by atoms with Crippen molar-refractivity contribution in [2.45, 2.75) is 12.8 Å². The molecule has 1 aliphatic rings. The first-order valence-corrected chi connectivity index (χ1v) is 5.61. The molecule has 0 fully saturated rings. The summed E-state index contributed by atoms with van der Waals surface area (Å²) in [6.45, 7) is 0. The van der Waals surface area contributed by atoms with E-state index in [2.05, 4.69) is 5.16 Å². The number of carbonyl (C=O) groups is 1. The van der Waals surface area contributed by atoms with Crippen LogP contribution < -0.4 is 0 Å².